The number of halogens is 1. The molecule has 7 heteroatoms. The average molecular weight is 467 g/mol. The SMILES string of the molecule is C[C@]12Cc3cnn(-c4ccc(F)cc4)c3C=C1CC[C@@H]2C[C@@H](O)CS(=O)(=O)c1ccccc1. The summed E-state index contributed by atoms with van der Waals surface area (Å²) in [5.74, 6) is -0.361. The maximum Gasteiger partial charge on any atom is 0.180 e. The summed E-state index contributed by atoms with van der Waals surface area (Å²) >= 11 is 0. The number of hydrogen-bond acceptors (Lipinski definition) is 4. The fraction of sp³-hybridized carbons (Fsp3) is 0.346. The summed E-state index contributed by atoms with van der Waals surface area (Å²) in [6, 6.07) is 14.6. The molecule has 5 rings (SSSR count). The zero-order valence-electron chi connectivity index (χ0n) is 18.5. The Morgan fingerprint density at radius 3 is 2.64 bits per heavy atom. The molecule has 1 heterocycles. The maximum absolute atomic E-state index is 13.3. The van der Waals surface area contributed by atoms with E-state index in [4.69, 9.17) is 0 Å². The van der Waals surface area contributed by atoms with Crippen LogP contribution in [0.4, 0.5) is 4.39 Å². The summed E-state index contributed by atoms with van der Waals surface area (Å²) in [5.41, 5.74) is 4.11. The highest BCUT2D eigenvalue weighted by Gasteiger charge is 2.46. The van der Waals surface area contributed by atoms with Gasteiger partial charge in [0.1, 0.15) is 5.82 Å². The van der Waals surface area contributed by atoms with Crippen molar-refractivity contribution in [1.29, 1.82) is 0 Å². The van der Waals surface area contributed by atoms with Crippen LogP contribution in [0.5, 0.6) is 0 Å². The zero-order valence-corrected chi connectivity index (χ0v) is 19.3. The lowest BCUT2D eigenvalue weighted by Gasteiger charge is -2.36. The fourth-order valence-electron chi connectivity index (χ4n) is 5.47. The quantitative estimate of drug-likeness (QED) is 0.577. The van der Waals surface area contributed by atoms with Crippen molar-refractivity contribution in [3.63, 3.8) is 0 Å². The summed E-state index contributed by atoms with van der Waals surface area (Å²) in [5, 5.41) is 15.3. The second-order valence-corrected chi connectivity index (χ2v) is 11.5. The fourth-order valence-corrected chi connectivity index (χ4v) is 6.88. The van der Waals surface area contributed by atoms with Gasteiger partial charge in [-0.15, -0.1) is 0 Å². The third-order valence-corrected chi connectivity index (χ3v) is 9.11. The standard InChI is InChI=1S/C26H27FN2O3S/c1-26-15-18-16-28-29(22-11-9-21(27)10-12-22)25(18)14-20(26)8-7-19(26)13-23(30)17-33(31,32)24-5-3-2-4-6-24/h2-6,9-12,14,16,19,23,30H,7-8,13,15,17H2,1H3/t19-,23-,26-/m1/s1. The molecule has 5 nitrogen and oxygen atoms in total. The van der Waals surface area contributed by atoms with Gasteiger partial charge in [-0.25, -0.2) is 17.5 Å². The molecule has 0 unspecified atom stereocenters. The number of benzene rings is 2. The van der Waals surface area contributed by atoms with E-state index in [0.717, 1.165) is 36.2 Å². The number of aromatic nitrogens is 2. The van der Waals surface area contributed by atoms with Crippen LogP contribution in [0.2, 0.25) is 0 Å². The van der Waals surface area contributed by atoms with E-state index in [-0.39, 0.29) is 27.8 Å². The smallest absolute Gasteiger partial charge is 0.180 e. The molecular formula is C26H27FN2O3S. The van der Waals surface area contributed by atoms with Crippen LogP contribution < -0.4 is 0 Å². The van der Waals surface area contributed by atoms with Gasteiger partial charge in [-0.2, -0.15) is 5.10 Å². The number of hydrogen-bond donors (Lipinski definition) is 1. The minimum absolute atomic E-state index is 0.138. The zero-order chi connectivity index (χ0) is 23.2. The topological polar surface area (TPSA) is 72.2 Å². The molecule has 0 aliphatic heterocycles. The number of aliphatic hydroxyl groups excluding tert-OH is 1. The molecule has 1 aromatic heterocycles. The molecule has 1 saturated carbocycles. The maximum atomic E-state index is 13.3. The van der Waals surface area contributed by atoms with Crippen molar-refractivity contribution in [1.82, 2.24) is 9.78 Å². The lowest BCUT2D eigenvalue weighted by atomic mass is 9.68. The van der Waals surface area contributed by atoms with Gasteiger partial charge in [-0.05, 0) is 85.1 Å². The van der Waals surface area contributed by atoms with Crippen LogP contribution in [0.25, 0.3) is 11.8 Å². The highest BCUT2D eigenvalue weighted by molar-refractivity contribution is 7.91. The monoisotopic (exact) mass is 466 g/mol. The Kier molecular flexibility index (Phi) is 5.49. The minimum Gasteiger partial charge on any atom is -0.392 e. The van der Waals surface area contributed by atoms with Gasteiger partial charge in [0, 0.05) is 0 Å². The van der Waals surface area contributed by atoms with Gasteiger partial charge in [-0.1, -0.05) is 30.7 Å². The molecule has 2 aromatic carbocycles. The average Bonchev–Trinajstić information content (AvgIpc) is 3.33. The molecule has 2 aliphatic rings. The van der Waals surface area contributed by atoms with Crippen molar-refractivity contribution in [2.24, 2.45) is 11.3 Å². The van der Waals surface area contributed by atoms with Crippen LogP contribution in [0.1, 0.15) is 37.4 Å². The third-order valence-electron chi connectivity index (χ3n) is 7.29. The van der Waals surface area contributed by atoms with E-state index in [1.54, 1.807) is 42.5 Å². The van der Waals surface area contributed by atoms with E-state index in [1.165, 1.54) is 17.7 Å². The van der Waals surface area contributed by atoms with E-state index < -0.39 is 15.9 Å². The molecule has 0 saturated heterocycles. The molecule has 0 amide bonds. The number of nitrogens with zero attached hydrogens (tertiary/aromatic N) is 2. The predicted octanol–water partition coefficient (Wildman–Crippen LogP) is 4.59. The van der Waals surface area contributed by atoms with Gasteiger partial charge in [-0.3, -0.25) is 0 Å². The second-order valence-electron chi connectivity index (χ2n) is 9.43. The Bertz CT molecular complexity index is 1300. The van der Waals surface area contributed by atoms with Gasteiger partial charge in [0.05, 0.1) is 34.3 Å². The van der Waals surface area contributed by atoms with E-state index in [1.807, 2.05) is 10.9 Å². The first kappa shape index (κ1) is 22.0. The highest BCUT2D eigenvalue weighted by atomic mass is 32.2. The molecule has 33 heavy (non-hydrogen) atoms. The lowest BCUT2D eigenvalue weighted by Crippen LogP contribution is -2.33. The van der Waals surface area contributed by atoms with Gasteiger partial charge in [0.2, 0.25) is 0 Å². The van der Waals surface area contributed by atoms with Gasteiger partial charge in [0.15, 0.2) is 9.84 Å². The number of sulfone groups is 1. The Morgan fingerprint density at radius 2 is 1.91 bits per heavy atom. The summed E-state index contributed by atoms with van der Waals surface area (Å²) in [6.07, 6.45) is 6.19. The van der Waals surface area contributed by atoms with Crippen molar-refractivity contribution in [3.8, 4) is 5.69 Å². The second kappa shape index (κ2) is 8.22. The van der Waals surface area contributed by atoms with E-state index >= 15 is 0 Å². The molecule has 2 aliphatic carbocycles. The summed E-state index contributed by atoms with van der Waals surface area (Å²) in [6.45, 7) is 2.22. The van der Waals surface area contributed by atoms with Crippen molar-refractivity contribution in [2.75, 3.05) is 5.75 Å². The Morgan fingerprint density at radius 1 is 1.18 bits per heavy atom. The Balaban J connectivity index is 1.34. The summed E-state index contributed by atoms with van der Waals surface area (Å²) in [7, 11) is -3.53. The third kappa shape index (κ3) is 4.04. The molecule has 0 spiro atoms. The first-order valence-corrected chi connectivity index (χ1v) is 12.9. The van der Waals surface area contributed by atoms with Crippen LogP contribution >= 0.6 is 0 Å². The Labute approximate surface area is 193 Å². The molecule has 1 N–H and O–H groups in total. The van der Waals surface area contributed by atoms with Gasteiger partial charge in [0.25, 0.3) is 0 Å². The lowest BCUT2D eigenvalue weighted by molar-refractivity contribution is 0.128. The largest absolute Gasteiger partial charge is 0.392 e. The van der Waals surface area contributed by atoms with Crippen molar-refractivity contribution in [3.05, 3.63) is 83.4 Å². The van der Waals surface area contributed by atoms with E-state index in [2.05, 4.69) is 18.1 Å². The predicted molar refractivity (Wildman–Crippen MR) is 125 cm³/mol. The number of aliphatic hydroxyl groups is 1. The molecule has 172 valence electrons. The van der Waals surface area contributed by atoms with Gasteiger partial charge >= 0.3 is 0 Å². The summed E-state index contributed by atoms with van der Waals surface area (Å²) in [4.78, 5) is 0.248. The molecule has 1 fully saturated rings. The normalized spacial score (nSPS) is 23.0. The van der Waals surface area contributed by atoms with Crippen molar-refractivity contribution in [2.45, 2.75) is 43.6 Å². The summed E-state index contributed by atoms with van der Waals surface area (Å²) < 4.78 is 40.6. The van der Waals surface area contributed by atoms with E-state index in [9.17, 15) is 17.9 Å². The first-order chi connectivity index (χ1) is 15.8. The molecule has 0 radical (unpaired) electrons. The van der Waals surface area contributed by atoms with Crippen LogP contribution in [0.15, 0.2) is 71.3 Å². The van der Waals surface area contributed by atoms with Crippen LogP contribution in [-0.4, -0.2) is 35.2 Å². The number of fused-ring (bicyclic) bond motifs is 2. The van der Waals surface area contributed by atoms with Crippen molar-refractivity contribution < 1.29 is 17.9 Å². The van der Waals surface area contributed by atoms with Crippen LogP contribution in [0, 0.1) is 17.2 Å². The Hall–Kier alpha value is -2.77. The minimum atomic E-state index is -3.53. The van der Waals surface area contributed by atoms with Gasteiger partial charge < -0.3 is 5.11 Å². The molecule has 3 aromatic rings. The van der Waals surface area contributed by atoms with Crippen LogP contribution in [-0.2, 0) is 16.3 Å². The molecular weight excluding hydrogens is 439 g/mol. The first-order valence-electron chi connectivity index (χ1n) is 11.3. The highest BCUT2D eigenvalue weighted by Crippen LogP contribution is 2.54. The number of rotatable bonds is 6. The van der Waals surface area contributed by atoms with Crippen molar-refractivity contribution >= 4 is 15.9 Å². The number of allylic oxidation sites excluding steroid dienone is 1. The van der Waals surface area contributed by atoms with Crippen LogP contribution in [0.3, 0.4) is 0 Å². The molecule has 3 atom stereocenters. The van der Waals surface area contributed by atoms with E-state index in [0.29, 0.717) is 6.42 Å². The molecule has 0 bridgehead atoms.